The number of aliphatic hydroxyl groups excluding tert-OH is 1. The molecular formula is C16H17ClFNO2. The van der Waals surface area contributed by atoms with Crippen LogP contribution in [0.4, 0.5) is 4.39 Å². The average Bonchev–Trinajstić information content (AvgIpc) is 2.45. The lowest BCUT2D eigenvalue weighted by Gasteiger charge is -2.15. The van der Waals surface area contributed by atoms with Crippen molar-refractivity contribution >= 4 is 11.6 Å². The monoisotopic (exact) mass is 309 g/mol. The standard InChI is InChI=1S/C16H17ClFNO2/c1-9-8-19-14(10(2)16(9)21-3)7-15(20)11-4-5-12(17)13(18)6-11/h4-6,8,15,20H,7H2,1-3H3. The molecule has 3 nitrogen and oxygen atoms in total. The molecule has 1 unspecified atom stereocenters. The number of ether oxygens (including phenoxy) is 1. The molecule has 1 aromatic carbocycles. The fourth-order valence-corrected chi connectivity index (χ4v) is 2.42. The minimum atomic E-state index is -0.852. The summed E-state index contributed by atoms with van der Waals surface area (Å²) in [6.07, 6.45) is 1.13. The molecule has 0 aliphatic rings. The fraction of sp³-hybridized carbons (Fsp3) is 0.312. The summed E-state index contributed by atoms with van der Waals surface area (Å²) < 4.78 is 18.8. The van der Waals surface area contributed by atoms with Crippen molar-refractivity contribution in [2.45, 2.75) is 26.4 Å². The van der Waals surface area contributed by atoms with Gasteiger partial charge < -0.3 is 9.84 Å². The van der Waals surface area contributed by atoms with Gasteiger partial charge in [-0.2, -0.15) is 0 Å². The Hall–Kier alpha value is -1.65. The summed E-state index contributed by atoms with van der Waals surface area (Å²) in [6.45, 7) is 3.80. The number of aromatic nitrogens is 1. The Kier molecular flexibility index (Phi) is 4.80. The number of nitrogens with zero attached hydrogens (tertiary/aromatic N) is 1. The Bertz CT molecular complexity index is 661. The van der Waals surface area contributed by atoms with E-state index in [0.717, 1.165) is 22.6 Å². The Morgan fingerprint density at radius 2 is 2.10 bits per heavy atom. The first-order valence-corrected chi connectivity index (χ1v) is 6.94. The van der Waals surface area contributed by atoms with Crippen molar-refractivity contribution in [1.29, 1.82) is 0 Å². The van der Waals surface area contributed by atoms with Crippen molar-refractivity contribution in [3.05, 3.63) is 57.6 Å². The molecule has 0 aliphatic heterocycles. The van der Waals surface area contributed by atoms with Gasteiger partial charge in [-0.05, 0) is 31.5 Å². The maximum atomic E-state index is 13.5. The van der Waals surface area contributed by atoms with Gasteiger partial charge in [0.15, 0.2) is 0 Å². The summed E-state index contributed by atoms with van der Waals surface area (Å²) in [5.74, 6) is 0.217. The molecule has 1 heterocycles. The van der Waals surface area contributed by atoms with E-state index in [2.05, 4.69) is 4.98 Å². The second-order valence-electron chi connectivity index (χ2n) is 4.94. The maximum absolute atomic E-state index is 13.5. The molecule has 1 atom stereocenters. The van der Waals surface area contributed by atoms with Crippen molar-refractivity contribution in [2.24, 2.45) is 0 Å². The van der Waals surface area contributed by atoms with Crippen LogP contribution in [0.1, 0.15) is 28.5 Å². The topological polar surface area (TPSA) is 42.4 Å². The van der Waals surface area contributed by atoms with E-state index in [1.165, 1.54) is 12.1 Å². The number of pyridine rings is 1. The van der Waals surface area contributed by atoms with Crippen LogP contribution < -0.4 is 4.74 Å². The largest absolute Gasteiger partial charge is 0.496 e. The molecule has 0 aliphatic carbocycles. The molecule has 2 aromatic rings. The molecule has 0 bridgehead atoms. The molecular weight excluding hydrogens is 293 g/mol. The Morgan fingerprint density at radius 3 is 2.71 bits per heavy atom. The van der Waals surface area contributed by atoms with E-state index in [1.807, 2.05) is 13.8 Å². The number of benzene rings is 1. The zero-order chi connectivity index (χ0) is 15.6. The van der Waals surface area contributed by atoms with E-state index >= 15 is 0 Å². The van der Waals surface area contributed by atoms with E-state index in [4.69, 9.17) is 16.3 Å². The molecule has 112 valence electrons. The average molecular weight is 310 g/mol. The number of aryl methyl sites for hydroxylation is 1. The second kappa shape index (κ2) is 6.41. The summed E-state index contributed by atoms with van der Waals surface area (Å²) in [7, 11) is 1.60. The number of hydrogen-bond acceptors (Lipinski definition) is 3. The number of rotatable bonds is 4. The maximum Gasteiger partial charge on any atom is 0.142 e. The van der Waals surface area contributed by atoms with Gasteiger partial charge in [0.2, 0.25) is 0 Å². The predicted molar refractivity (Wildman–Crippen MR) is 80.3 cm³/mol. The van der Waals surface area contributed by atoms with Crippen LogP contribution >= 0.6 is 11.6 Å². The number of methoxy groups -OCH3 is 1. The van der Waals surface area contributed by atoms with Gasteiger partial charge in [0.1, 0.15) is 11.6 Å². The fourth-order valence-electron chi connectivity index (χ4n) is 2.30. The third-order valence-corrected chi connectivity index (χ3v) is 3.77. The van der Waals surface area contributed by atoms with Crippen LogP contribution in [-0.4, -0.2) is 17.2 Å². The first-order valence-electron chi connectivity index (χ1n) is 6.56. The highest BCUT2D eigenvalue weighted by atomic mass is 35.5. The highest BCUT2D eigenvalue weighted by Gasteiger charge is 2.16. The SMILES string of the molecule is COc1c(C)cnc(CC(O)c2ccc(Cl)c(F)c2)c1C. The van der Waals surface area contributed by atoms with Gasteiger partial charge in [-0.3, -0.25) is 4.98 Å². The van der Waals surface area contributed by atoms with Crippen LogP contribution in [0.5, 0.6) is 5.75 Å². The molecule has 0 saturated heterocycles. The van der Waals surface area contributed by atoms with Crippen molar-refractivity contribution in [3.8, 4) is 5.75 Å². The Balaban J connectivity index is 2.27. The summed E-state index contributed by atoms with van der Waals surface area (Å²) in [5, 5.41) is 10.3. The lowest BCUT2D eigenvalue weighted by Crippen LogP contribution is -2.07. The molecule has 0 fully saturated rings. The summed E-state index contributed by atoms with van der Waals surface area (Å²) >= 11 is 5.64. The zero-order valence-corrected chi connectivity index (χ0v) is 12.9. The van der Waals surface area contributed by atoms with E-state index < -0.39 is 11.9 Å². The van der Waals surface area contributed by atoms with Gasteiger partial charge in [-0.25, -0.2) is 4.39 Å². The first-order chi connectivity index (χ1) is 9.93. The quantitative estimate of drug-likeness (QED) is 0.934. The highest BCUT2D eigenvalue weighted by molar-refractivity contribution is 6.30. The van der Waals surface area contributed by atoms with E-state index in [-0.39, 0.29) is 11.4 Å². The molecule has 1 N–H and O–H groups in total. The van der Waals surface area contributed by atoms with Crippen LogP contribution in [0, 0.1) is 19.7 Å². The summed E-state index contributed by atoms with van der Waals surface area (Å²) in [4.78, 5) is 4.33. The van der Waals surface area contributed by atoms with Gasteiger partial charge in [0.25, 0.3) is 0 Å². The zero-order valence-electron chi connectivity index (χ0n) is 12.2. The van der Waals surface area contributed by atoms with Gasteiger partial charge in [-0.15, -0.1) is 0 Å². The van der Waals surface area contributed by atoms with Gasteiger partial charge in [0, 0.05) is 29.4 Å². The molecule has 0 saturated carbocycles. The molecule has 0 spiro atoms. The van der Waals surface area contributed by atoms with E-state index in [0.29, 0.717) is 5.56 Å². The first kappa shape index (κ1) is 15.7. The van der Waals surface area contributed by atoms with Crippen molar-refractivity contribution in [1.82, 2.24) is 4.98 Å². The van der Waals surface area contributed by atoms with Crippen molar-refractivity contribution < 1.29 is 14.2 Å². The molecule has 1 aromatic heterocycles. The van der Waals surface area contributed by atoms with Crippen LogP contribution in [0.25, 0.3) is 0 Å². The Morgan fingerprint density at radius 1 is 1.38 bits per heavy atom. The molecule has 2 rings (SSSR count). The molecule has 0 radical (unpaired) electrons. The molecule has 0 amide bonds. The van der Waals surface area contributed by atoms with Crippen LogP contribution in [0.15, 0.2) is 24.4 Å². The molecule has 5 heteroatoms. The Labute approximate surface area is 128 Å². The number of aliphatic hydroxyl groups is 1. The van der Waals surface area contributed by atoms with Gasteiger partial charge >= 0.3 is 0 Å². The third-order valence-electron chi connectivity index (χ3n) is 3.46. The van der Waals surface area contributed by atoms with Crippen LogP contribution in [-0.2, 0) is 6.42 Å². The number of hydrogen-bond donors (Lipinski definition) is 1. The minimum Gasteiger partial charge on any atom is -0.496 e. The molecule has 21 heavy (non-hydrogen) atoms. The van der Waals surface area contributed by atoms with Crippen molar-refractivity contribution in [2.75, 3.05) is 7.11 Å². The minimum absolute atomic E-state index is 0.0391. The summed E-state index contributed by atoms with van der Waals surface area (Å²) in [6, 6.07) is 4.29. The van der Waals surface area contributed by atoms with Gasteiger partial charge in [0.05, 0.1) is 18.2 Å². The highest BCUT2D eigenvalue weighted by Crippen LogP contribution is 2.28. The van der Waals surface area contributed by atoms with Crippen molar-refractivity contribution in [3.63, 3.8) is 0 Å². The second-order valence-corrected chi connectivity index (χ2v) is 5.35. The third kappa shape index (κ3) is 3.34. The lowest BCUT2D eigenvalue weighted by molar-refractivity contribution is 0.176. The van der Waals surface area contributed by atoms with Gasteiger partial charge in [-0.1, -0.05) is 17.7 Å². The smallest absolute Gasteiger partial charge is 0.142 e. The summed E-state index contributed by atoms with van der Waals surface area (Å²) in [5.41, 5.74) is 3.01. The normalized spacial score (nSPS) is 12.3. The lowest BCUT2D eigenvalue weighted by atomic mass is 10.0. The van der Waals surface area contributed by atoms with E-state index in [9.17, 15) is 9.50 Å². The van der Waals surface area contributed by atoms with E-state index in [1.54, 1.807) is 19.4 Å². The van der Waals surface area contributed by atoms with Crippen LogP contribution in [0.2, 0.25) is 5.02 Å². The number of halogens is 2. The van der Waals surface area contributed by atoms with Crippen LogP contribution in [0.3, 0.4) is 0 Å². The predicted octanol–water partition coefficient (Wildman–Crippen LogP) is 3.78.